The molecular weight excluding hydrogens is 382 g/mol. The van der Waals surface area contributed by atoms with Gasteiger partial charge in [0, 0.05) is 17.3 Å². The molecule has 126 valence electrons. The number of halogens is 1. The Balaban J connectivity index is 1.84. The van der Waals surface area contributed by atoms with E-state index < -0.39 is 11.1 Å². The Labute approximate surface area is 153 Å². The zero-order valence-corrected chi connectivity index (χ0v) is 15.0. The van der Waals surface area contributed by atoms with Crippen LogP contribution in [0.2, 0.25) is 0 Å². The Hall–Kier alpha value is -2.24. The molecule has 1 N–H and O–H groups in total. The van der Waals surface area contributed by atoms with Gasteiger partial charge in [-0.1, -0.05) is 46.3 Å². The van der Waals surface area contributed by atoms with Crippen molar-refractivity contribution in [2.24, 2.45) is 0 Å². The van der Waals surface area contributed by atoms with E-state index in [4.69, 9.17) is 0 Å². The van der Waals surface area contributed by atoms with Crippen LogP contribution < -0.4 is 0 Å². The van der Waals surface area contributed by atoms with Gasteiger partial charge < -0.3 is 5.11 Å². The number of benzene rings is 2. The van der Waals surface area contributed by atoms with E-state index in [9.17, 15) is 14.7 Å². The van der Waals surface area contributed by atoms with E-state index in [1.54, 1.807) is 24.3 Å². The summed E-state index contributed by atoms with van der Waals surface area (Å²) < 4.78 is 0.909. The van der Waals surface area contributed by atoms with Gasteiger partial charge >= 0.3 is 0 Å². The fourth-order valence-corrected chi connectivity index (χ4v) is 4.20. The summed E-state index contributed by atoms with van der Waals surface area (Å²) in [5.41, 5.74) is -0.285. The summed E-state index contributed by atoms with van der Waals surface area (Å²) in [4.78, 5) is 27.3. The van der Waals surface area contributed by atoms with Crippen LogP contribution >= 0.6 is 15.9 Å². The first-order valence-corrected chi connectivity index (χ1v) is 8.79. The van der Waals surface area contributed by atoms with Gasteiger partial charge in [-0.3, -0.25) is 14.5 Å². The van der Waals surface area contributed by atoms with Gasteiger partial charge in [0.15, 0.2) is 0 Å². The molecule has 5 heteroatoms. The van der Waals surface area contributed by atoms with Crippen molar-refractivity contribution in [2.45, 2.75) is 24.0 Å². The van der Waals surface area contributed by atoms with Gasteiger partial charge in [0.1, 0.15) is 0 Å². The smallest absolute Gasteiger partial charge is 0.262 e. The maximum absolute atomic E-state index is 13.0. The molecule has 0 spiro atoms. The largest absolute Gasteiger partial charge is 0.386 e. The van der Waals surface area contributed by atoms with Crippen LogP contribution in [0, 0.1) is 0 Å². The van der Waals surface area contributed by atoms with E-state index in [-0.39, 0.29) is 24.7 Å². The SMILES string of the molecule is C=C[C@]1(O)C[C@@](c2ccc(Br)cc2)(N2C(=O)c3ccccc3C2=O)C1. The minimum atomic E-state index is -1.08. The van der Waals surface area contributed by atoms with Gasteiger partial charge in [-0.15, -0.1) is 6.58 Å². The molecule has 4 rings (SSSR count). The molecule has 1 aliphatic heterocycles. The van der Waals surface area contributed by atoms with Crippen molar-refractivity contribution >= 4 is 27.7 Å². The number of hydrogen-bond donors (Lipinski definition) is 1. The number of carbonyl (C=O) groups excluding carboxylic acids is 2. The average Bonchev–Trinajstić information content (AvgIpc) is 2.85. The highest BCUT2D eigenvalue weighted by Gasteiger charge is 2.61. The Morgan fingerprint density at radius 2 is 1.52 bits per heavy atom. The highest BCUT2D eigenvalue weighted by Crippen LogP contribution is 2.55. The molecule has 1 aliphatic carbocycles. The Kier molecular flexibility index (Phi) is 3.49. The standard InChI is InChI=1S/C20H16BrNO3/c1-2-19(25)11-20(12-19,13-7-9-14(21)10-8-13)22-17(23)15-5-3-4-6-16(15)18(22)24/h2-10,25H,1,11-12H2/t19-,20+. The van der Waals surface area contributed by atoms with Crippen molar-refractivity contribution in [3.63, 3.8) is 0 Å². The number of amides is 2. The number of nitrogens with zero attached hydrogens (tertiary/aromatic N) is 1. The zero-order valence-electron chi connectivity index (χ0n) is 13.4. The van der Waals surface area contributed by atoms with E-state index in [0.29, 0.717) is 11.1 Å². The predicted octanol–water partition coefficient (Wildman–Crippen LogP) is 3.65. The summed E-state index contributed by atoms with van der Waals surface area (Å²) in [6.07, 6.45) is 1.98. The van der Waals surface area contributed by atoms with Gasteiger partial charge in [-0.2, -0.15) is 0 Å². The topological polar surface area (TPSA) is 57.6 Å². The second-order valence-corrected chi connectivity index (χ2v) is 7.61. The van der Waals surface area contributed by atoms with Gasteiger partial charge in [-0.25, -0.2) is 0 Å². The second-order valence-electron chi connectivity index (χ2n) is 6.69. The molecule has 0 bridgehead atoms. The van der Waals surface area contributed by atoms with Crippen molar-refractivity contribution in [3.05, 3.63) is 82.3 Å². The van der Waals surface area contributed by atoms with E-state index in [0.717, 1.165) is 10.0 Å². The lowest BCUT2D eigenvalue weighted by Crippen LogP contribution is -2.63. The van der Waals surface area contributed by atoms with Crippen LogP contribution in [0.25, 0.3) is 0 Å². The molecule has 0 saturated heterocycles. The molecule has 0 unspecified atom stereocenters. The van der Waals surface area contributed by atoms with Crippen LogP contribution in [0.5, 0.6) is 0 Å². The van der Waals surface area contributed by atoms with Crippen molar-refractivity contribution in [2.75, 3.05) is 0 Å². The first kappa shape index (κ1) is 16.2. The number of imide groups is 1. The highest BCUT2D eigenvalue weighted by molar-refractivity contribution is 9.10. The van der Waals surface area contributed by atoms with E-state index >= 15 is 0 Å². The number of rotatable bonds is 3. The summed E-state index contributed by atoms with van der Waals surface area (Å²) in [5, 5.41) is 10.5. The molecule has 1 heterocycles. The molecule has 4 nitrogen and oxygen atoms in total. The maximum atomic E-state index is 13.0. The summed E-state index contributed by atoms with van der Waals surface area (Å²) in [5.74, 6) is -0.621. The third kappa shape index (κ3) is 2.23. The van der Waals surface area contributed by atoms with Gasteiger partial charge in [0.2, 0.25) is 0 Å². The monoisotopic (exact) mass is 397 g/mol. The van der Waals surface area contributed by atoms with E-state index in [2.05, 4.69) is 22.5 Å². The van der Waals surface area contributed by atoms with Crippen molar-refractivity contribution < 1.29 is 14.7 Å². The van der Waals surface area contributed by atoms with Crippen LogP contribution in [0.4, 0.5) is 0 Å². The van der Waals surface area contributed by atoms with Crippen LogP contribution in [0.15, 0.2) is 65.7 Å². The van der Waals surface area contributed by atoms with Gasteiger partial charge in [0.25, 0.3) is 11.8 Å². The van der Waals surface area contributed by atoms with Crippen LogP contribution in [0.3, 0.4) is 0 Å². The molecule has 0 radical (unpaired) electrons. The lowest BCUT2D eigenvalue weighted by atomic mass is 9.60. The summed E-state index contributed by atoms with van der Waals surface area (Å²) >= 11 is 3.41. The zero-order chi connectivity index (χ0) is 17.8. The Morgan fingerprint density at radius 1 is 1.00 bits per heavy atom. The number of aliphatic hydroxyl groups is 1. The summed E-state index contributed by atoms with van der Waals surface area (Å²) in [7, 11) is 0. The minimum Gasteiger partial charge on any atom is -0.386 e. The highest BCUT2D eigenvalue weighted by atomic mass is 79.9. The van der Waals surface area contributed by atoms with Crippen LogP contribution in [-0.2, 0) is 5.54 Å². The number of fused-ring (bicyclic) bond motifs is 1. The van der Waals surface area contributed by atoms with Crippen molar-refractivity contribution in [1.82, 2.24) is 4.90 Å². The van der Waals surface area contributed by atoms with E-state index in [1.165, 1.54) is 11.0 Å². The molecule has 2 aromatic rings. The fraction of sp³-hybridized carbons (Fsp3) is 0.200. The van der Waals surface area contributed by atoms with Gasteiger partial charge in [-0.05, 0) is 29.8 Å². The fourth-order valence-electron chi connectivity index (χ4n) is 3.93. The van der Waals surface area contributed by atoms with Crippen LogP contribution in [-0.4, -0.2) is 27.4 Å². The third-order valence-electron chi connectivity index (χ3n) is 5.18. The normalized spacial score (nSPS) is 27.8. The molecule has 2 aliphatic rings. The molecule has 1 fully saturated rings. The minimum absolute atomic E-state index is 0.247. The first-order chi connectivity index (χ1) is 11.9. The molecular formula is C20H16BrNO3. The maximum Gasteiger partial charge on any atom is 0.262 e. The lowest BCUT2D eigenvalue weighted by Gasteiger charge is -2.55. The van der Waals surface area contributed by atoms with Crippen molar-refractivity contribution in [1.29, 1.82) is 0 Å². The first-order valence-electron chi connectivity index (χ1n) is 8.00. The van der Waals surface area contributed by atoms with Crippen LogP contribution in [0.1, 0.15) is 39.1 Å². The third-order valence-corrected chi connectivity index (χ3v) is 5.71. The summed E-state index contributed by atoms with van der Waals surface area (Å²) in [6.45, 7) is 3.69. The number of carbonyl (C=O) groups is 2. The predicted molar refractivity (Wildman–Crippen MR) is 97.1 cm³/mol. The molecule has 25 heavy (non-hydrogen) atoms. The Bertz CT molecular complexity index is 862. The summed E-state index contributed by atoms with van der Waals surface area (Å²) in [6, 6.07) is 14.4. The average molecular weight is 398 g/mol. The molecule has 2 aromatic carbocycles. The second kappa shape index (κ2) is 5.38. The molecule has 1 saturated carbocycles. The number of hydrogen-bond acceptors (Lipinski definition) is 3. The lowest BCUT2D eigenvalue weighted by molar-refractivity contribution is -0.0989. The Morgan fingerprint density at radius 3 is 2.00 bits per heavy atom. The van der Waals surface area contributed by atoms with Crippen molar-refractivity contribution in [3.8, 4) is 0 Å². The van der Waals surface area contributed by atoms with Gasteiger partial charge in [0.05, 0.1) is 22.3 Å². The van der Waals surface area contributed by atoms with E-state index in [1.807, 2.05) is 24.3 Å². The molecule has 0 atom stereocenters. The molecule has 0 aromatic heterocycles. The molecule has 2 amide bonds. The quantitative estimate of drug-likeness (QED) is 0.635.